The molecule has 0 unspecified atom stereocenters. The van der Waals surface area contributed by atoms with E-state index < -0.39 is 0 Å². The molecule has 1 aromatic rings. The van der Waals surface area contributed by atoms with Crippen LogP contribution in [0.25, 0.3) is 0 Å². The first kappa shape index (κ1) is 13.7. The van der Waals surface area contributed by atoms with Crippen molar-refractivity contribution in [3.8, 4) is 0 Å². The Morgan fingerprint density at radius 2 is 1.81 bits per heavy atom. The Hall–Kier alpha value is -0.900. The average Bonchev–Trinajstić information content (AvgIpc) is 2.81. The topological polar surface area (TPSA) is 42.7 Å². The molecule has 0 radical (unpaired) electrons. The molecule has 0 amide bonds. The molecule has 0 aromatic carbocycles. The zero-order chi connectivity index (χ0) is 14.4. The minimum absolute atomic E-state index is 0.420. The molecule has 116 valence electrons. The fraction of sp³-hybridized carbons (Fsp3) is 0.882. The van der Waals surface area contributed by atoms with Crippen molar-refractivity contribution in [2.75, 3.05) is 0 Å². The summed E-state index contributed by atoms with van der Waals surface area (Å²) in [5.74, 6) is 4.72. The van der Waals surface area contributed by atoms with Gasteiger partial charge in [-0.3, -0.25) is 0 Å². The third kappa shape index (κ3) is 2.63. The number of hydrogen-bond acceptors (Lipinski definition) is 3. The van der Waals surface area contributed by atoms with Crippen LogP contribution in [-0.4, -0.2) is 20.3 Å². The molecule has 1 N–H and O–H groups in total. The van der Waals surface area contributed by atoms with E-state index in [4.69, 9.17) is 0 Å². The van der Waals surface area contributed by atoms with Crippen molar-refractivity contribution >= 4 is 0 Å². The Morgan fingerprint density at radius 3 is 2.38 bits per heavy atom. The van der Waals surface area contributed by atoms with Gasteiger partial charge in [-0.2, -0.15) is 5.10 Å². The standard InChI is InChI=1S/C17H28N4/c1-12(2)10-21-16(18-11-20-21)9-19-17-6-13-3-14(7-17)5-15(4-13)8-17/h11-15,19H,3-10H2,1-2H3. The summed E-state index contributed by atoms with van der Waals surface area (Å²) in [5.41, 5.74) is 0.420. The summed E-state index contributed by atoms with van der Waals surface area (Å²) < 4.78 is 2.08. The van der Waals surface area contributed by atoms with Gasteiger partial charge in [0.05, 0.1) is 6.54 Å². The zero-order valence-electron chi connectivity index (χ0n) is 13.4. The number of nitrogens with one attached hydrogen (secondary N) is 1. The maximum absolute atomic E-state index is 4.48. The van der Waals surface area contributed by atoms with Gasteiger partial charge in [-0.1, -0.05) is 13.8 Å². The molecule has 4 bridgehead atoms. The Bertz CT molecular complexity index is 469. The van der Waals surface area contributed by atoms with E-state index in [2.05, 4.69) is 33.9 Å². The molecule has 0 aliphatic heterocycles. The summed E-state index contributed by atoms with van der Waals surface area (Å²) in [6.45, 7) is 6.33. The SMILES string of the molecule is CC(C)Cn1ncnc1CNC12CC3CC(CC(C3)C1)C2. The number of aromatic nitrogens is 3. The maximum atomic E-state index is 4.48. The largest absolute Gasteiger partial charge is 0.304 e. The predicted octanol–water partition coefficient (Wildman–Crippen LogP) is 2.99. The highest BCUT2D eigenvalue weighted by atomic mass is 15.3. The molecule has 4 heteroatoms. The molecule has 1 heterocycles. The van der Waals surface area contributed by atoms with E-state index in [1.165, 1.54) is 38.5 Å². The third-order valence-corrected chi connectivity index (χ3v) is 5.89. The van der Waals surface area contributed by atoms with Gasteiger partial charge in [-0.15, -0.1) is 0 Å². The fourth-order valence-electron chi connectivity index (χ4n) is 5.52. The van der Waals surface area contributed by atoms with Crippen LogP contribution in [0.3, 0.4) is 0 Å². The minimum atomic E-state index is 0.420. The highest BCUT2D eigenvalue weighted by molar-refractivity contribution is 5.07. The molecule has 4 fully saturated rings. The van der Waals surface area contributed by atoms with Crippen molar-refractivity contribution < 1.29 is 0 Å². The molecular weight excluding hydrogens is 260 g/mol. The lowest BCUT2D eigenvalue weighted by Crippen LogP contribution is -2.58. The normalized spacial score (nSPS) is 37.6. The second kappa shape index (κ2) is 5.08. The van der Waals surface area contributed by atoms with Gasteiger partial charge in [0.2, 0.25) is 0 Å². The quantitative estimate of drug-likeness (QED) is 0.905. The van der Waals surface area contributed by atoms with E-state index in [9.17, 15) is 0 Å². The van der Waals surface area contributed by atoms with Crippen LogP contribution < -0.4 is 5.32 Å². The van der Waals surface area contributed by atoms with Gasteiger partial charge >= 0.3 is 0 Å². The van der Waals surface area contributed by atoms with Crippen LogP contribution in [0.1, 0.15) is 58.2 Å². The summed E-state index contributed by atoms with van der Waals surface area (Å²) >= 11 is 0. The highest BCUT2D eigenvalue weighted by Gasteiger charge is 2.50. The summed E-state index contributed by atoms with van der Waals surface area (Å²) in [6, 6.07) is 0. The predicted molar refractivity (Wildman–Crippen MR) is 82.6 cm³/mol. The van der Waals surface area contributed by atoms with E-state index in [0.29, 0.717) is 11.5 Å². The molecule has 5 rings (SSSR count). The third-order valence-electron chi connectivity index (χ3n) is 5.89. The minimum Gasteiger partial charge on any atom is -0.304 e. The van der Waals surface area contributed by atoms with Crippen LogP contribution in [0, 0.1) is 23.7 Å². The summed E-state index contributed by atoms with van der Waals surface area (Å²) in [6.07, 6.45) is 10.4. The van der Waals surface area contributed by atoms with Crippen molar-refractivity contribution in [2.45, 2.75) is 71.0 Å². The van der Waals surface area contributed by atoms with Crippen LogP contribution in [0.5, 0.6) is 0 Å². The van der Waals surface area contributed by atoms with Gasteiger partial charge in [-0.25, -0.2) is 9.67 Å². The van der Waals surface area contributed by atoms with Crippen molar-refractivity contribution in [1.29, 1.82) is 0 Å². The lowest BCUT2D eigenvalue weighted by molar-refractivity contribution is -0.0210. The molecule has 0 atom stereocenters. The first-order chi connectivity index (χ1) is 10.1. The fourth-order valence-corrected chi connectivity index (χ4v) is 5.52. The Morgan fingerprint density at radius 1 is 1.19 bits per heavy atom. The van der Waals surface area contributed by atoms with Gasteiger partial charge in [0.25, 0.3) is 0 Å². The first-order valence-electron chi connectivity index (χ1n) is 8.73. The molecule has 4 nitrogen and oxygen atoms in total. The highest BCUT2D eigenvalue weighted by Crippen LogP contribution is 2.55. The van der Waals surface area contributed by atoms with E-state index in [1.54, 1.807) is 6.33 Å². The summed E-state index contributed by atoms with van der Waals surface area (Å²) in [4.78, 5) is 4.48. The van der Waals surface area contributed by atoms with Crippen molar-refractivity contribution in [2.24, 2.45) is 23.7 Å². The lowest BCUT2D eigenvalue weighted by atomic mass is 9.53. The molecular formula is C17H28N4. The molecule has 4 aliphatic carbocycles. The van der Waals surface area contributed by atoms with Gasteiger partial charge in [0.15, 0.2) is 0 Å². The van der Waals surface area contributed by atoms with Gasteiger partial charge in [0, 0.05) is 12.1 Å². The second-order valence-corrected chi connectivity index (χ2v) is 8.30. The van der Waals surface area contributed by atoms with E-state index in [1.807, 2.05) is 0 Å². The van der Waals surface area contributed by atoms with Crippen LogP contribution in [0.4, 0.5) is 0 Å². The molecule has 21 heavy (non-hydrogen) atoms. The Labute approximate surface area is 127 Å². The summed E-state index contributed by atoms with van der Waals surface area (Å²) in [5, 5.41) is 8.31. The monoisotopic (exact) mass is 288 g/mol. The molecule has 1 aromatic heterocycles. The van der Waals surface area contributed by atoms with E-state index in [0.717, 1.165) is 36.7 Å². The number of hydrogen-bond donors (Lipinski definition) is 1. The van der Waals surface area contributed by atoms with Crippen molar-refractivity contribution in [1.82, 2.24) is 20.1 Å². The molecule has 0 saturated heterocycles. The van der Waals surface area contributed by atoms with Crippen LogP contribution in [0.15, 0.2) is 6.33 Å². The zero-order valence-corrected chi connectivity index (χ0v) is 13.4. The first-order valence-corrected chi connectivity index (χ1v) is 8.73. The lowest BCUT2D eigenvalue weighted by Gasteiger charge is -2.57. The van der Waals surface area contributed by atoms with Gasteiger partial charge in [0.1, 0.15) is 12.2 Å². The number of rotatable bonds is 5. The van der Waals surface area contributed by atoms with Gasteiger partial charge < -0.3 is 5.32 Å². The van der Waals surface area contributed by atoms with Crippen LogP contribution in [-0.2, 0) is 13.1 Å². The van der Waals surface area contributed by atoms with Crippen LogP contribution in [0.2, 0.25) is 0 Å². The van der Waals surface area contributed by atoms with E-state index in [-0.39, 0.29) is 0 Å². The molecule has 4 aliphatic rings. The maximum Gasteiger partial charge on any atom is 0.140 e. The summed E-state index contributed by atoms with van der Waals surface area (Å²) in [7, 11) is 0. The van der Waals surface area contributed by atoms with Crippen LogP contribution >= 0.6 is 0 Å². The second-order valence-electron chi connectivity index (χ2n) is 8.30. The van der Waals surface area contributed by atoms with Crippen molar-refractivity contribution in [3.05, 3.63) is 12.2 Å². The molecule has 4 saturated carbocycles. The smallest absolute Gasteiger partial charge is 0.140 e. The van der Waals surface area contributed by atoms with Gasteiger partial charge in [-0.05, 0) is 62.2 Å². The van der Waals surface area contributed by atoms with Crippen molar-refractivity contribution in [3.63, 3.8) is 0 Å². The number of nitrogens with zero attached hydrogens (tertiary/aromatic N) is 3. The van der Waals surface area contributed by atoms with E-state index >= 15 is 0 Å². The Balaban J connectivity index is 1.44. The average molecular weight is 288 g/mol. The molecule has 0 spiro atoms. The Kier molecular flexibility index (Phi) is 3.32.